The topological polar surface area (TPSA) is 0 Å². The highest BCUT2D eigenvalue weighted by atomic mass is 19.1. The molecule has 0 unspecified atom stereocenters. The summed E-state index contributed by atoms with van der Waals surface area (Å²) in [6, 6.07) is 10.1. The lowest BCUT2D eigenvalue weighted by Gasteiger charge is -2.21. The van der Waals surface area contributed by atoms with Gasteiger partial charge in [0.15, 0.2) is 0 Å². The summed E-state index contributed by atoms with van der Waals surface area (Å²) >= 11 is 0. The lowest BCUT2D eigenvalue weighted by atomic mass is 9.83. The van der Waals surface area contributed by atoms with Crippen molar-refractivity contribution in [2.24, 2.45) is 11.8 Å². The van der Waals surface area contributed by atoms with Crippen molar-refractivity contribution >= 4 is 0 Å². The van der Waals surface area contributed by atoms with Gasteiger partial charge in [-0.2, -0.15) is 0 Å². The van der Waals surface area contributed by atoms with Gasteiger partial charge in [0.1, 0.15) is 11.6 Å². The van der Waals surface area contributed by atoms with Crippen LogP contribution in [-0.2, 0) is 0 Å². The molecule has 0 N–H and O–H groups in total. The molecule has 1 fully saturated rings. The quantitative estimate of drug-likeness (QED) is 0.524. The third kappa shape index (κ3) is 4.74. The highest BCUT2D eigenvalue weighted by Gasteiger charge is 2.16. The minimum Gasteiger partial charge on any atom is -0.205 e. The fourth-order valence-electron chi connectivity index (χ4n) is 3.13. The van der Waals surface area contributed by atoms with Gasteiger partial charge in [-0.3, -0.25) is 0 Å². The molecule has 0 amide bonds. The Balaban J connectivity index is 1.78. The number of aryl methyl sites for hydroxylation is 1. The maximum Gasteiger partial charge on any atom is 0.143 e. The predicted octanol–water partition coefficient (Wildman–Crippen LogP) is 5.85. The standard InChI is InChI=1S/C24H22F2/c1-17-3-7-19(8-4-17)11-12-21-15-23(25)22(24(26)16-21)14-13-20-9-5-18(2)6-10-20/h5-6,9-10,15-17,19H,3-4,7-8H2,1-2H3. The Bertz CT molecular complexity index is 870. The van der Waals surface area contributed by atoms with Crippen LogP contribution >= 0.6 is 0 Å². The minimum absolute atomic E-state index is 0.206. The van der Waals surface area contributed by atoms with E-state index in [9.17, 15) is 8.78 Å². The molecule has 26 heavy (non-hydrogen) atoms. The average molecular weight is 348 g/mol. The van der Waals surface area contributed by atoms with Crippen molar-refractivity contribution in [3.63, 3.8) is 0 Å². The summed E-state index contributed by atoms with van der Waals surface area (Å²) < 4.78 is 28.6. The fourth-order valence-corrected chi connectivity index (χ4v) is 3.13. The van der Waals surface area contributed by atoms with E-state index < -0.39 is 11.6 Å². The molecule has 1 aliphatic rings. The van der Waals surface area contributed by atoms with Crippen molar-refractivity contribution < 1.29 is 8.78 Å². The van der Waals surface area contributed by atoms with Crippen LogP contribution in [0.25, 0.3) is 0 Å². The van der Waals surface area contributed by atoms with E-state index in [2.05, 4.69) is 30.6 Å². The van der Waals surface area contributed by atoms with Crippen molar-refractivity contribution in [2.75, 3.05) is 0 Å². The number of benzene rings is 2. The van der Waals surface area contributed by atoms with Crippen LogP contribution in [0.15, 0.2) is 36.4 Å². The number of rotatable bonds is 0. The lowest BCUT2D eigenvalue weighted by Crippen LogP contribution is -2.10. The van der Waals surface area contributed by atoms with E-state index in [-0.39, 0.29) is 5.56 Å². The molecule has 0 nitrogen and oxygen atoms in total. The third-order valence-corrected chi connectivity index (χ3v) is 4.86. The second-order valence-corrected chi connectivity index (χ2v) is 7.16. The molecule has 1 saturated carbocycles. The predicted molar refractivity (Wildman–Crippen MR) is 102 cm³/mol. The van der Waals surface area contributed by atoms with E-state index in [1.165, 1.54) is 25.0 Å². The highest BCUT2D eigenvalue weighted by Crippen LogP contribution is 2.27. The van der Waals surface area contributed by atoms with Crippen LogP contribution in [0.4, 0.5) is 8.78 Å². The third-order valence-electron chi connectivity index (χ3n) is 4.86. The first-order chi connectivity index (χ1) is 12.5. The number of hydrogen-bond donors (Lipinski definition) is 0. The minimum atomic E-state index is -0.661. The Kier molecular flexibility index (Phi) is 5.75. The molecular formula is C24H22F2. The first-order valence-corrected chi connectivity index (χ1v) is 9.10. The highest BCUT2D eigenvalue weighted by molar-refractivity contribution is 5.48. The molecule has 0 bridgehead atoms. The summed E-state index contributed by atoms with van der Waals surface area (Å²) in [5.74, 6) is 11.3. The van der Waals surface area contributed by atoms with Crippen LogP contribution in [0.2, 0.25) is 0 Å². The first kappa shape index (κ1) is 18.2. The maximum atomic E-state index is 14.3. The molecule has 132 valence electrons. The first-order valence-electron chi connectivity index (χ1n) is 9.10. The van der Waals surface area contributed by atoms with Gasteiger partial charge < -0.3 is 0 Å². The largest absolute Gasteiger partial charge is 0.205 e. The zero-order valence-corrected chi connectivity index (χ0v) is 15.2. The molecular weight excluding hydrogens is 326 g/mol. The van der Waals surface area contributed by atoms with Gasteiger partial charge >= 0.3 is 0 Å². The van der Waals surface area contributed by atoms with E-state index in [0.717, 1.165) is 29.9 Å². The van der Waals surface area contributed by atoms with Gasteiger partial charge in [0, 0.05) is 17.0 Å². The van der Waals surface area contributed by atoms with Crippen LogP contribution < -0.4 is 0 Å². The molecule has 0 aromatic heterocycles. The molecule has 0 atom stereocenters. The van der Waals surface area contributed by atoms with Crippen LogP contribution in [0, 0.1) is 54.1 Å². The van der Waals surface area contributed by atoms with Crippen LogP contribution in [-0.4, -0.2) is 0 Å². The van der Waals surface area contributed by atoms with E-state index in [4.69, 9.17) is 0 Å². The average Bonchev–Trinajstić information content (AvgIpc) is 2.62. The fraction of sp³-hybridized carbons (Fsp3) is 0.333. The van der Waals surface area contributed by atoms with Crippen LogP contribution in [0.5, 0.6) is 0 Å². The summed E-state index contributed by atoms with van der Waals surface area (Å²) in [4.78, 5) is 0. The summed E-state index contributed by atoms with van der Waals surface area (Å²) in [6.07, 6.45) is 4.49. The van der Waals surface area contributed by atoms with Gasteiger partial charge in [-0.05, 0) is 62.8 Å². The van der Waals surface area contributed by atoms with Crippen LogP contribution in [0.1, 0.15) is 54.9 Å². The maximum absolute atomic E-state index is 14.3. The van der Waals surface area contributed by atoms with Crippen molar-refractivity contribution in [3.05, 3.63) is 70.3 Å². The van der Waals surface area contributed by atoms with Gasteiger partial charge in [0.25, 0.3) is 0 Å². The van der Waals surface area contributed by atoms with Gasteiger partial charge in [-0.25, -0.2) is 8.78 Å². The van der Waals surface area contributed by atoms with Gasteiger partial charge in [0.2, 0.25) is 0 Å². The molecule has 1 aliphatic carbocycles. The normalized spacial score (nSPS) is 19.1. The van der Waals surface area contributed by atoms with E-state index in [0.29, 0.717) is 11.5 Å². The summed E-state index contributed by atoms with van der Waals surface area (Å²) in [5, 5.41) is 0. The summed E-state index contributed by atoms with van der Waals surface area (Å²) in [5.41, 5.74) is 2.01. The Morgan fingerprint density at radius 3 is 2.04 bits per heavy atom. The molecule has 3 rings (SSSR count). The Labute approximate surface area is 154 Å². The van der Waals surface area contributed by atoms with E-state index in [1.54, 1.807) is 0 Å². The molecule has 2 aromatic rings. The van der Waals surface area contributed by atoms with Crippen molar-refractivity contribution in [1.29, 1.82) is 0 Å². The Morgan fingerprint density at radius 1 is 0.808 bits per heavy atom. The van der Waals surface area contributed by atoms with Gasteiger partial charge in [0.05, 0.1) is 5.56 Å². The SMILES string of the molecule is Cc1ccc(C#Cc2c(F)cc(C#CC3CCC(C)CC3)cc2F)cc1. The van der Waals surface area contributed by atoms with E-state index in [1.807, 2.05) is 31.2 Å². The Morgan fingerprint density at radius 2 is 1.42 bits per heavy atom. The monoisotopic (exact) mass is 348 g/mol. The number of hydrogen-bond acceptors (Lipinski definition) is 0. The smallest absolute Gasteiger partial charge is 0.143 e. The zero-order valence-electron chi connectivity index (χ0n) is 15.2. The molecule has 0 spiro atoms. The molecule has 0 saturated heterocycles. The molecule has 2 heteroatoms. The molecule has 0 aliphatic heterocycles. The van der Waals surface area contributed by atoms with Crippen molar-refractivity contribution in [3.8, 4) is 23.7 Å². The van der Waals surface area contributed by atoms with Crippen molar-refractivity contribution in [2.45, 2.75) is 39.5 Å². The second kappa shape index (κ2) is 8.20. The zero-order chi connectivity index (χ0) is 18.5. The lowest BCUT2D eigenvalue weighted by molar-refractivity contribution is 0.337. The summed E-state index contributed by atoms with van der Waals surface area (Å²) in [6.45, 7) is 4.23. The van der Waals surface area contributed by atoms with Gasteiger partial charge in [-0.15, -0.1) is 0 Å². The second-order valence-electron chi connectivity index (χ2n) is 7.16. The van der Waals surface area contributed by atoms with Gasteiger partial charge in [-0.1, -0.05) is 48.3 Å². The van der Waals surface area contributed by atoms with Crippen molar-refractivity contribution in [1.82, 2.24) is 0 Å². The number of halogens is 2. The molecule has 0 radical (unpaired) electrons. The molecule has 0 heterocycles. The molecule has 2 aromatic carbocycles. The summed E-state index contributed by atoms with van der Waals surface area (Å²) in [7, 11) is 0. The Hall–Kier alpha value is -2.58. The van der Waals surface area contributed by atoms with E-state index >= 15 is 0 Å². The van der Waals surface area contributed by atoms with Crippen LogP contribution in [0.3, 0.4) is 0 Å².